The molecule has 3 nitrogen and oxygen atoms in total. The van der Waals surface area contributed by atoms with Gasteiger partial charge in [-0.25, -0.2) is 4.79 Å². The molecule has 1 aromatic carbocycles. The van der Waals surface area contributed by atoms with E-state index in [2.05, 4.69) is 4.74 Å². The largest absolute Gasteiger partial charge is 0.465 e. The van der Waals surface area contributed by atoms with Crippen molar-refractivity contribution in [2.75, 3.05) is 7.11 Å². The lowest BCUT2D eigenvalue weighted by molar-refractivity contribution is -0.0328. The maximum absolute atomic E-state index is 12.4. The second kappa shape index (κ2) is 5.79. The molecule has 18 heavy (non-hydrogen) atoms. The third kappa shape index (κ3) is 3.78. The van der Waals surface area contributed by atoms with Crippen LogP contribution < -0.4 is 0 Å². The van der Waals surface area contributed by atoms with Crippen molar-refractivity contribution in [3.05, 3.63) is 26.8 Å². The van der Waals surface area contributed by atoms with E-state index in [4.69, 9.17) is 5.26 Å². The second-order valence-corrected chi connectivity index (χ2v) is 5.25. The predicted octanol–water partition coefficient (Wildman–Crippen LogP) is 3.56. The molecular formula is C10H5F3INO2S. The summed E-state index contributed by atoms with van der Waals surface area (Å²) in [4.78, 5) is 11.1. The molecule has 0 fully saturated rings. The molecule has 0 saturated heterocycles. The summed E-state index contributed by atoms with van der Waals surface area (Å²) in [5, 5.41) is 8.71. The molecule has 0 heterocycles. The summed E-state index contributed by atoms with van der Waals surface area (Å²) in [5.74, 6) is -0.865. The fraction of sp³-hybridized carbons (Fsp3) is 0.200. The lowest BCUT2D eigenvalue weighted by Gasteiger charge is -2.11. The van der Waals surface area contributed by atoms with Crippen molar-refractivity contribution in [1.82, 2.24) is 0 Å². The molecule has 0 aliphatic rings. The summed E-state index contributed by atoms with van der Waals surface area (Å²) >= 11 is 1.25. The molecule has 0 unspecified atom stereocenters. The van der Waals surface area contributed by atoms with Gasteiger partial charge in [0, 0.05) is 8.47 Å². The van der Waals surface area contributed by atoms with E-state index in [1.165, 1.54) is 6.07 Å². The molecular weight excluding hydrogens is 382 g/mol. The van der Waals surface area contributed by atoms with E-state index in [0.29, 0.717) is 0 Å². The Morgan fingerprint density at radius 2 is 2.11 bits per heavy atom. The smallest absolute Gasteiger partial charge is 0.446 e. The van der Waals surface area contributed by atoms with Gasteiger partial charge in [0.2, 0.25) is 0 Å². The molecule has 0 N–H and O–H groups in total. The molecule has 0 amide bonds. The van der Waals surface area contributed by atoms with Gasteiger partial charge in [-0.3, -0.25) is 0 Å². The Morgan fingerprint density at radius 3 is 2.56 bits per heavy atom. The SMILES string of the molecule is COC(=O)c1c(I)cc(C#N)cc1SC(F)(F)F. The van der Waals surface area contributed by atoms with Gasteiger partial charge >= 0.3 is 11.5 Å². The van der Waals surface area contributed by atoms with E-state index >= 15 is 0 Å². The number of carbonyl (C=O) groups excluding carboxylic acids is 1. The third-order valence-electron chi connectivity index (χ3n) is 1.80. The van der Waals surface area contributed by atoms with E-state index < -0.39 is 23.2 Å². The van der Waals surface area contributed by atoms with Gasteiger partial charge in [-0.2, -0.15) is 18.4 Å². The molecule has 8 heteroatoms. The van der Waals surface area contributed by atoms with E-state index in [-0.39, 0.29) is 19.6 Å². The molecule has 1 rings (SSSR count). The van der Waals surface area contributed by atoms with Crippen molar-refractivity contribution < 1.29 is 22.7 Å². The number of rotatable bonds is 2. The number of benzene rings is 1. The van der Waals surface area contributed by atoms with Gasteiger partial charge in [0.05, 0.1) is 24.3 Å². The van der Waals surface area contributed by atoms with Crippen molar-refractivity contribution in [2.24, 2.45) is 0 Å². The minimum Gasteiger partial charge on any atom is -0.465 e. The van der Waals surface area contributed by atoms with Crippen LogP contribution in [0.15, 0.2) is 17.0 Å². The number of thioether (sulfide) groups is 1. The minimum atomic E-state index is -4.54. The van der Waals surface area contributed by atoms with E-state index in [0.717, 1.165) is 13.2 Å². The standard InChI is InChI=1S/C10H5F3INO2S/c1-17-9(16)8-6(14)2-5(4-15)3-7(8)18-10(11,12)13/h2-3H,1H3. The van der Waals surface area contributed by atoms with Gasteiger partial charge in [-0.1, -0.05) is 0 Å². The average Bonchev–Trinajstić information content (AvgIpc) is 2.25. The number of hydrogen-bond acceptors (Lipinski definition) is 4. The van der Waals surface area contributed by atoms with Crippen molar-refractivity contribution >= 4 is 40.3 Å². The highest BCUT2D eigenvalue weighted by molar-refractivity contribution is 14.1. The lowest BCUT2D eigenvalue weighted by atomic mass is 10.1. The molecule has 0 atom stereocenters. The van der Waals surface area contributed by atoms with Crippen molar-refractivity contribution in [3.8, 4) is 6.07 Å². The Kier molecular flexibility index (Phi) is 4.86. The number of alkyl halides is 3. The molecule has 0 bridgehead atoms. The lowest BCUT2D eigenvalue weighted by Crippen LogP contribution is -2.09. The predicted molar refractivity (Wildman–Crippen MR) is 67.1 cm³/mol. The van der Waals surface area contributed by atoms with Gasteiger partial charge in [0.1, 0.15) is 0 Å². The first-order chi connectivity index (χ1) is 8.28. The number of methoxy groups -OCH3 is 1. The van der Waals surface area contributed by atoms with Crippen LogP contribution in [0, 0.1) is 14.9 Å². The van der Waals surface area contributed by atoms with Crippen LogP contribution in [-0.2, 0) is 4.74 Å². The summed E-state index contributed by atoms with van der Waals surface area (Å²) in [6, 6.07) is 4.09. The monoisotopic (exact) mass is 387 g/mol. The zero-order valence-corrected chi connectivity index (χ0v) is 11.8. The molecule has 96 valence electrons. The van der Waals surface area contributed by atoms with Crippen LogP contribution in [-0.4, -0.2) is 18.6 Å². The summed E-state index contributed by atoms with van der Waals surface area (Å²) in [7, 11) is 1.08. The number of esters is 1. The first kappa shape index (κ1) is 15.1. The topological polar surface area (TPSA) is 50.1 Å². The minimum absolute atomic E-state index is 0.0544. The first-order valence-electron chi connectivity index (χ1n) is 4.36. The quantitative estimate of drug-likeness (QED) is 0.443. The van der Waals surface area contributed by atoms with Crippen LogP contribution in [0.2, 0.25) is 0 Å². The zero-order valence-electron chi connectivity index (χ0n) is 8.84. The number of halogens is 4. The number of nitrogens with zero attached hydrogens (tertiary/aromatic N) is 1. The first-order valence-corrected chi connectivity index (χ1v) is 6.25. The van der Waals surface area contributed by atoms with E-state index in [1.807, 2.05) is 0 Å². The summed E-state index contributed by atoms with van der Waals surface area (Å²) in [6.07, 6.45) is 0. The molecule has 0 aromatic heterocycles. The normalized spacial score (nSPS) is 10.9. The van der Waals surface area contributed by atoms with Crippen LogP contribution in [0.3, 0.4) is 0 Å². The van der Waals surface area contributed by atoms with Crippen LogP contribution in [0.4, 0.5) is 13.2 Å². The van der Waals surface area contributed by atoms with Crippen molar-refractivity contribution in [2.45, 2.75) is 10.4 Å². The van der Waals surface area contributed by atoms with E-state index in [1.54, 1.807) is 28.7 Å². The third-order valence-corrected chi connectivity index (χ3v) is 3.42. The Morgan fingerprint density at radius 1 is 1.50 bits per heavy atom. The highest BCUT2D eigenvalue weighted by Gasteiger charge is 2.32. The Balaban J connectivity index is 3.39. The number of hydrogen-bond donors (Lipinski definition) is 0. The second-order valence-electron chi connectivity index (χ2n) is 2.98. The summed E-state index contributed by atoms with van der Waals surface area (Å²) in [5.41, 5.74) is -4.67. The molecule has 0 aliphatic heterocycles. The maximum atomic E-state index is 12.4. The Hall–Kier alpha value is -0.950. The fourth-order valence-electron chi connectivity index (χ4n) is 1.15. The van der Waals surface area contributed by atoms with Crippen molar-refractivity contribution in [3.63, 3.8) is 0 Å². The Labute approximate surface area is 118 Å². The number of carbonyl (C=O) groups is 1. The van der Waals surface area contributed by atoms with Crippen LogP contribution >= 0.6 is 34.4 Å². The molecule has 0 spiro atoms. The van der Waals surface area contributed by atoms with Crippen LogP contribution in [0.5, 0.6) is 0 Å². The zero-order chi connectivity index (χ0) is 13.9. The summed E-state index contributed by atoms with van der Waals surface area (Å²) < 4.78 is 41.8. The molecule has 0 radical (unpaired) electrons. The van der Waals surface area contributed by atoms with E-state index in [9.17, 15) is 18.0 Å². The maximum Gasteiger partial charge on any atom is 0.446 e. The fourth-order valence-corrected chi connectivity index (χ4v) is 2.91. The van der Waals surface area contributed by atoms with Crippen LogP contribution in [0.1, 0.15) is 15.9 Å². The highest BCUT2D eigenvalue weighted by Crippen LogP contribution is 2.40. The van der Waals surface area contributed by atoms with Gasteiger partial charge in [-0.05, 0) is 46.5 Å². The van der Waals surface area contributed by atoms with Gasteiger partial charge < -0.3 is 4.74 Å². The highest BCUT2D eigenvalue weighted by atomic mass is 127. The van der Waals surface area contributed by atoms with Gasteiger partial charge in [0.15, 0.2) is 0 Å². The van der Waals surface area contributed by atoms with Crippen molar-refractivity contribution in [1.29, 1.82) is 5.26 Å². The van der Waals surface area contributed by atoms with Gasteiger partial charge in [0.25, 0.3) is 0 Å². The molecule has 1 aromatic rings. The van der Waals surface area contributed by atoms with Crippen LogP contribution in [0.25, 0.3) is 0 Å². The molecule has 0 aliphatic carbocycles. The average molecular weight is 387 g/mol. The van der Waals surface area contributed by atoms with Gasteiger partial charge in [-0.15, -0.1) is 0 Å². The number of ether oxygens (including phenoxy) is 1. The summed E-state index contributed by atoms with van der Waals surface area (Å²) in [6.45, 7) is 0. The number of nitriles is 1. The molecule has 0 saturated carbocycles. The Bertz CT molecular complexity index is 525.